The van der Waals surface area contributed by atoms with Crippen LogP contribution in [0, 0.1) is 0 Å². The number of hydrogen-bond donors (Lipinski definition) is 0. The molecule has 1 aromatic carbocycles. The van der Waals surface area contributed by atoms with Gasteiger partial charge in [0.15, 0.2) is 5.16 Å². The molecule has 0 bridgehead atoms. The second-order valence-corrected chi connectivity index (χ2v) is 11.3. The van der Waals surface area contributed by atoms with E-state index in [1.807, 2.05) is 0 Å². The van der Waals surface area contributed by atoms with Crippen LogP contribution in [0.25, 0.3) is 11.3 Å². The summed E-state index contributed by atoms with van der Waals surface area (Å²) < 4.78 is 8.03. The Hall–Kier alpha value is -1.59. The summed E-state index contributed by atoms with van der Waals surface area (Å²) in [7, 11) is 0. The molecule has 5 heteroatoms. The van der Waals surface area contributed by atoms with E-state index >= 15 is 0 Å². The van der Waals surface area contributed by atoms with Crippen molar-refractivity contribution in [2.75, 3.05) is 12.4 Å². The Balaban J connectivity index is 1.69. The molecule has 4 nitrogen and oxygen atoms in total. The molecule has 166 valence electrons. The highest BCUT2D eigenvalue weighted by Crippen LogP contribution is 2.50. The van der Waals surface area contributed by atoms with Gasteiger partial charge in [0.1, 0.15) is 0 Å². The molecule has 0 N–H and O–H groups in total. The Morgan fingerprint density at radius 2 is 2.00 bits per heavy atom. The minimum absolute atomic E-state index is 0.120. The molecule has 1 atom stereocenters. The normalized spacial score (nSPS) is 23.5. The molecule has 5 rings (SSSR count). The lowest BCUT2D eigenvalue weighted by Crippen LogP contribution is -2.42. The molecule has 2 aliphatic carbocycles. The molecule has 0 amide bonds. The smallest absolute Gasteiger partial charge is 0.258 e. The van der Waals surface area contributed by atoms with Gasteiger partial charge in [-0.3, -0.25) is 9.36 Å². The van der Waals surface area contributed by atoms with E-state index in [4.69, 9.17) is 9.72 Å². The summed E-state index contributed by atoms with van der Waals surface area (Å²) in [6.07, 6.45) is 8.51. The molecule has 1 saturated carbocycles. The first-order chi connectivity index (χ1) is 14.9. The topological polar surface area (TPSA) is 44.1 Å². The highest BCUT2D eigenvalue weighted by Gasteiger charge is 2.43. The predicted molar refractivity (Wildman–Crippen MR) is 127 cm³/mol. The van der Waals surface area contributed by atoms with Gasteiger partial charge in [-0.2, -0.15) is 0 Å². The number of rotatable bonds is 4. The van der Waals surface area contributed by atoms with Crippen LogP contribution >= 0.6 is 11.8 Å². The number of ether oxygens (including phenoxy) is 1. The number of aromatic nitrogens is 2. The van der Waals surface area contributed by atoms with E-state index in [2.05, 4.69) is 49.6 Å². The molecule has 0 radical (unpaired) electrons. The van der Waals surface area contributed by atoms with Crippen molar-refractivity contribution < 1.29 is 4.74 Å². The van der Waals surface area contributed by atoms with Crippen molar-refractivity contribution >= 4 is 11.8 Å². The third-order valence-electron chi connectivity index (χ3n) is 7.48. The van der Waals surface area contributed by atoms with Crippen molar-refractivity contribution in [3.05, 3.63) is 45.7 Å². The average Bonchev–Trinajstić information content (AvgIpc) is 3.22. The fourth-order valence-electron chi connectivity index (χ4n) is 6.05. The SMILES string of the molecule is CCCSc1nc2c(c(=O)n1C1CCOC(C)(C)C1)CC1(CCCC1)c1ccccc1-2. The molecule has 1 aliphatic heterocycles. The second kappa shape index (κ2) is 8.08. The summed E-state index contributed by atoms with van der Waals surface area (Å²) in [5.41, 5.74) is 4.63. The highest BCUT2D eigenvalue weighted by atomic mass is 32.2. The first-order valence-electron chi connectivity index (χ1n) is 12.0. The molecule has 1 aromatic heterocycles. The summed E-state index contributed by atoms with van der Waals surface area (Å²) in [5.74, 6) is 0.976. The summed E-state index contributed by atoms with van der Waals surface area (Å²) in [4.78, 5) is 19.3. The van der Waals surface area contributed by atoms with Gasteiger partial charge in [-0.05, 0) is 57.9 Å². The molecule has 1 spiro atoms. The zero-order valence-electron chi connectivity index (χ0n) is 19.1. The maximum absolute atomic E-state index is 14.1. The Kier molecular flexibility index (Phi) is 5.54. The third kappa shape index (κ3) is 3.68. The number of hydrogen-bond acceptors (Lipinski definition) is 4. The van der Waals surface area contributed by atoms with Crippen molar-refractivity contribution in [3.63, 3.8) is 0 Å². The summed E-state index contributed by atoms with van der Waals surface area (Å²) in [6, 6.07) is 8.89. The molecule has 31 heavy (non-hydrogen) atoms. The van der Waals surface area contributed by atoms with Crippen LogP contribution in [0.1, 0.15) is 82.9 Å². The Labute approximate surface area is 189 Å². The molecule has 3 aliphatic rings. The number of nitrogens with zero attached hydrogens (tertiary/aromatic N) is 2. The fourth-order valence-corrected chi connectivity index (χ4v) is 6.97. The van der Waals surface area contributed by atoms with Crippen LogP contribution in [0.5, 0.6) is 0 Å². The minimum Gasteiger partial charge on any atom is -0.375 e. The van der Waals surface area contributed by atoms with E-state index in [-0.39, 0.29) is 22.6 Å². The Morgan fingerprint density at radius 1 is 1.23 bits per heavy atom. The van der Waals surface area contributed by atoms with Gasteiger partial charge in [-0.25, -0.2) is 4.98 Å². The van der Waals surface area contributed by atoms with Crippen LogP contribution in [0.15, 0.2) is 34.2 Å². The van der Waals surface area contributed by atoms with Crippen molar-refractivity contribution in [3.8, 4) is 11.3 Å². The molecule has 2 heterocycles. The lowest BCUT2D eigenvalue weighted by atomic mass is 9.68. The largest absolute Gasteiger partial charge is 0.375 e. The van der Waals surface area contributed by atoms with Crippen molar-refractivity contribution in [1.82, 2.24) is 9.55 Å². The zero-order chi connectivity index (χ0) is 21.6. The van der Waals surface area contributed by atoms with E-state index in [9.17, 15) is 4.79 Å². The van der Waals surface area contributed by atoms with E-state index in [1.165, 1.54) is 36.8 Å². The standard InChI is InChI=1S/C26H34N2O2S/c1-4-15-31-24-27-22-19-9-5-6-10-21(19)26(12-7-8-13-26)17-20(22)23(29)28(24)18-11-14-30-25(2,3)16-18/h5-6,9-10,18H,4,7-8,11-17H2,1-3H3. The van der Waals surface area contributed by atoms with E-state index in [0.29, 0.717) is 6.61 Å². The van der Waals surface area contributed by atoms with Crippen molar-refractivity contribution in [2.45, 2.75) is 94.4 Å². The fraction of sp³-hybridized carbons (Fsp3) is 0.615. The molecule has 2 fully saturated rings. The van der Waals surface area contributed by atoms with Crippen LogP contribution in [-0.2, 0) is 16.6 Å². The van der Waals surface area contributed by atoms with E-state index < -0.39 is 0 Å². The average molecular weight is 439 g/mol. The Bertz CT molecular complexity index is 1040. The van der Waals surface area contributed by atoms with Crippen LogP contribution in [0.3, 0.4) is 0 Å². The van der Waals surface area contributed by atoms with Crippen LogP contribution < -0.4 is 5.56 Å². The van der Waals surface area contributed by atoms with Gasteiger partial charge in [-0.15, -0.1) is 0 Å². The number of thioether (sulfide) groups is 1. The van der Waals surface area contributed by atoms with E-state index in [1.54, 1.807) is 11.8 Å². The van der Waals surface area contributed by atoms with Crippen molar-refractivity contribution in [2.24, 2.45) is 0 Å². The summed E-state index contributed by atoms with van der Waals surface area (Å²) in [6.45, 7) is 7.16. The first kappa shape index (κ1) is 21.3. The highest BCUT2D eigenvalue weighted by molar-refractivity contribution is 7.99. The van der Waals surface area contributed by atoms with Gasteiger partial charge < -0.3 is 4.74 Å². The maximum Gasteiger partial charge on any atom is 0.258 e. The number of benzene rings is 1. The lowest BCUT2D eigenvalue weighted by molar-refractivity contribution is -0.0710. The van der Waals surface area contributed by atoms with Gasteiger partial charge >= 0.3 is 0 Å². The molecular formula is C26H34N2O2S. The van der Waals surface area contributed by atoms with Gasteiger partial charge in [0.25, 0.3) is 5.56 Å². The van der Waals surface area contributed by atoms with Gasteiger partial charge in [0.05, 0.1) is 11.3 Å². The third-order valence-corrected chi connectivity index (χ3v) is 8.64. The summed E-state index contributed by atoms with van der Waals surface area (Å²) in [5, 5.41) is 0.894. The van der Waals surface area contributed by atoms with E-state index in [0.717, 1.165) is 47.8 Å². The molecule has 2 aromatic rings. The second-order valence-electron chi connectivity index (χ2n) is 10.2. The quantitative estimate of drug-likeness (QED) is 0.440. The van der Waals surface area contributed by atoms with Gasteiger partial charge in [-0.1, -0.05) is 55.8 Å². The predicted octanol–water partition coefficient (Wildman–Crippen LogP) is 5.91. The Morgan fingerprint density at radius 3 is 2.74 bits per heavy atom. The van der Waals surface area contributed by atoms with Crippen LogP contribution in [0.4, 0.5) is 0 Å². The van der Waals surface area contributed by atoms with Crippen LogP contribution in [0.2, 0.25) is 0 Å². The zero-order valence-corrected chi connectivity index (χ0v) is 19.9. The molecule has 1 unspecified atom stereocenters. The van der Waals surface area contributed by atoms with Crippen LogP contribution in [-0.4, -0.2) is 27.5 Å². The lowest BCUT2D eigenvalue weighted by Gasteiger charge is -2.39. The molecular weight excluding hydrogens is 404 g/mol. The first-order valence-corrected chi connectivity index (χ1v) is 12.9. The minimum atomic E-state index is -0.204. The molecule has 1 saturated heterocycles. The maximum atomic E-state index is 14.1. The summed E-state index contributed by atoms with van der Waals surface area (Å²) >= 11 is 1.74. The van der Waals surface area contributed by atoms with Gasteiger partial charge in [0, 0.05) is 34.9 Å². The number of fused-ring (bicyclic) bond motifs is 4. The monoisotopic (exact) mass is 438 g/mol. The van der Waals surface area contributed by atoms with Gasteiger partial charge in [0.2, 0.25) is 0 Å². The van der Waals surface area contributed by atoms with Crippen molar-refractivity contribution in [1.29, 1.82) is 0 Å².